The number of anilines is 2. The quantitative estimate of drug-likeness (QED) is 0.596. The van der Waals surface area contributed by atoms with Crippen LogP contribution >= 0.6 is 23.2 Å². The second-order valence-electron chi connectivity index (χ2n) is 4.17. The molecule has 0 fully saturated rings. The summed E-state index contributed by atoms with van der Waals surface area (Å²) in [5, 5.41) is 3.23. The third-order valence-corrected chi connectivity index (χ3v) is 3.05. The maximum atomic E-state index is 11.6. The van der Waals surface area contributed by atoms with Gasteiger partial charge in [0, 0.05) is 12.3 Å². The number of unbranched alkanes of at least 4 members (excludes halogenated alkanes) is 2. The molecule has 19 heavy (non-hydrogen) atoms. The molecule has 1 amide bonds. The van der Waals surface area contributed by atoms with Crippen molar-refractivity contribution in [2.75, 3.05) is 24.3 Å². The summed E-state index contributed by atoms with van der Waals surface area (Å²) in [5.74, 6) is -0.287. The molecule has 0 bridgehead atoms. The largest absolute Gasteiger partial charge is 0.399 e. The minimum atomic E-state index is -0.287. The first-order valence-electron chi connectivity index (χ1n) is 6.16. The van der Waals surface area contributed by atoms with Gasteiger partial charge in [0.15, 0.2) is 0 Å². The molecule has 0 spiro atoms. The molecule has 3 N–H and O–H groups in total. The lowest BCUT2D eigenvalue weighted by molar-refractivity contribution is -0.120. The topological polar surface area (TPSA) is 64.3 Å². The number of nitrogens with one attached hydrogen (secondary N) is 1. The zero-order chi connectivity index (χ0) is 14.3. The summed E-state index contributed by atoms with van der Waals surface area (Å²) in [6, 6.07) is 3.07. The van der Waals surface area contributed by atoms with Gasteiger partial charge < -0.3 is 15.8 Å². The smallest absolute Gasteiger partial charge is 0.250 e. The maximum Gasteiger partial charge on any atom is 0.250 e. The number of halogens is 2. The van der Waals surface area contributed by atoms with Crippen LogP contribution in [0.4, 0.5) is 11.4 Å². The van der Waals surface area contributed by atoms with Crippen LogP contribution in [-0.2, 0) is 9.53 Å². The number of nitrogens with two attached hydrogens (primary N) is 1. The van der Waals surface area contributed by atoms with Crippen molar-refractivity contribution in [3.05, 3.63) is 22.2 Å². The van der Waals surface area contributed by atoms with Crippen molar-refractivity contribution in [3.63, 3.8) is 0 Å². The molecular weight excluding hydrogens is 287 g/mol. The molecule has 0 heterocycles. The van der Waals surface area contributed by atoms with Crippen LogP contribution in [0.3, 0.4) is 0 Å². The van der Waals surface area contributed by atoms with Crippen LogP contribution in [0.5, 0.6) is 0 Å². The number of amides is 1. The lowest BCUT2D eigenvalue weighted by Crippen LogP contribution is -2.19. The summed E-state index contributed by atoms with van der Waals surface area (Å²) < 4.78 is 5.25. The molecule has 1 aromatic carbocycles. The predicted octanol–water partition coefficient (Wildman–Crippen LogP) is 3.72. The van der Waals surface area contributed by atoms with Crippen molar-refractivity contribution < 1.29 is 9.53 Å². The van der Waals surface area contributed by atoms with Crippen molar-refractivity contribution in [1.82, 2.24) is 0 Å². The van der Waals surface area contributed by atoms with Gasteiger partial charge in [-0.15, -0.1) is 0 Å². The highest BCUT2D eigenvalue weighted by Gasteiger charge is 2.10. The van der Waals surface area contributed by atoms with Gasteiger partial charge in [0.25, 0.3) is 0 Å². The van der Waals surface area contributed by atoms with Gasteiger partial charge in [-0.3, -0.25) is 4.79 Å². The van der Waals surface area contributed by atoms with Crippen LogP contribution in [0, 0.1) is 0 Å². The Labute approximate surface area is 123 Å². The second-order valence-corrected chi connectivity index (χ2v) is 4.98. The van der Waals surface area contributed by atoms with Gasteiger partial charge in [-0.25, -0.2) is 0 Å². The van der Waals surface area contributed by atoms with Gasteiger partial charge in [0.05, 0.1) is 15.7 Å². The lowest BCUT2D eigenvalue weighted by atomic mass is 10.2. The summed E-state index contributed by atoms with van der Waals surface area (Å²) in [6.07, 6.45) is 3.16. The van der Waals surface area contributed by atoms with Gasteiger partial charge in [-0.05, 0) is 18.6 Å². The average molecular weight is 305 g/mol. The molecule has 0 saturated carbocycles. The van der Waals surface area contributed by atoms with E-state index in [1.165, 1.54) is 12.1 Å². The van der Waals surface area contributed by atoms with E-state index in [9.17, 15) is 4.79 Å². The van der Waals surface area contributed by atoms with Crippen LogP contribution in [-0.4, -0.2) is 19.1 Å². The SMILES string of the molecule is CCCCCOCC(=O)Nc1c(Cl)cc(N)cc1Cl. The summed E-state index contributed by atoms with van der Waals surface area (Å²) >= 11 is 11.9. The number of ether oxygens (including phenoxy) is 1. The van der Waals surface area contributed by atoms with Crippen molar-refractivity contribution in [2.24, 2.45) is 0 Å². The molecule has 0 saturated heterocycles. The second kappa shape index (κ2) is 8.25. The van der Waals surface area contributed by atoms with E-state index < -0.39 is 0 Å². The molecule has 0 atom stereocenters. The molecule has 0 radical (unpaired) electrons. The third kappa shape index (κ3) is 5.68. The third-order valence-electron chi connectivity index (χ3n) is 2.45. The summed E-state index contributed by atoms with van der Waals surface area (Å²) in [6.45, 7) is 2.67. The fourth-order valence-electron chi connectivity index (χ4n) is 1.51. The molecule has 0 aliphatic heterocycles. The van der Waals surface area contributed by atoms with Crippen LogP contribution in [0.15, 0.2) is 12.1 Å². The Morgan fingerprint density at radius 1 is 1.32 bits per heavy atom. The fraction of sp³-hybridized carbons (Fsp3) is 0.462. The Hall–Kier alpha value is -0.970. The number of benzene rings is 1. The monoisotopic (exact) mass is 304 g/mol. The van der Waals surface area contributed by atoms with Gasteiger partial charge >= 0.3 is 0 Å². The van der Waals surface area contributed by atoms with E-state index in [0.29, 0.717) is 28.0 Å². The summed E-state index contributed by atoms with van der Waals surface area (Å²) in [7, 11) is 0. The Kier molecular flexibility index (Phi) is 6.99. The van der Waals surface area contributed by atoms with Crippen molar-refractivity contribution in [1.29, 1.82) is 0 Å². The number of rotatable bonds is 7. The Morgan fingerprint density at radius 2 is 1.95 bits per heavy atom. The van der Waals surface area contributed by atoms with Crippen molar-refractivity contribution in [3.8, 4) is 0 Å². The molecule has 0 aromatic heterocycles. The van der Waals surface area contributed by atoms with Crippen LogP contribution < -0.4 is 11.1 Å². The predicted molar refractivity (Wildman–Crippen MR) is 79.8 cm³/mol. The lowest BCUT2D eigenvalue weighted by Gasteiger charge is -2.10. The molecule has 4 nitrogen and oxygen atoms in total. The molecule has 1 aromatic rings. The molecule has 1 rings (SSSR count). The first-order chi connectivity index (χ1) is 9.04. The Bertz CT molecular complexity index is 416. The molecular formula is C13H18Cl2N2O2. The van der Waals surface area contributed by atoms with E-state index in [4.69, 9.17) is 33.7 Å². The molecule has 106 valence electrons. The van der Waals surface area contributed by atoms with Gasteiger partial charge in [-0.2, -0.15) is 0 Å². The summed E-state index contributed by atoms with van der Waals surface area (Å²) in [4.78, 5) is 11.6. The van der Waals surface area contributed by atoms with E-state index in [1.807, 2.05) is 0 Å². The highest BCUT2D eigenvalue weighted by molar-refractivity contribution is 6.40. The zero-order valence-electron chi connectivity index (χ0n) is 10.8. The standard InChI is InChI=1S/C13H18Cl2N2O2/c1-2-3-4-5-19-8-12(18)17-13-10(14)6-9(16)7-11(13)15/h6-7H,2-5,8,16H2,1H3,(H,17,18). The van der Waals surface area contributed by atoms with Gasteiger partial charge in [0.2, 0.25) is 5.91 Å². The Balaban J connectivity index is 2.44. The Morgan fingerprint density at radius 3 is 2.53 bits per heavy atom. The number of carbonyl (C=O) groups excluding carboxylic acids is 1. The van der Waals surface area contributed by atoms with Crippen molar-refractivity contribution in [2.45, 2.75) is 26.2 Å². The van der Waals surface area contributed by atoms with Crippen LogP contribution in [0.25, 0.3) is 0 Å². The number of hydrogen-bond acceptors (Lipinski definition) is 3. The average Bonchev–Trinajstić information content (AvgIpc) is 2.33. The van der Waals surface area contributed by atoms with E-state index in [0.717, 1.165) is 19.3 Å². The first kappa shape index (κ1) is 16.1. The molecule has 6 heteroatoms. The minimum Gasteiger partial charge on any atom is -0.399 e. The normalized spacial score (nSPS) is 10.5. The van der Waals surface area contributed by atoms with Crippen molar-refractivity contribution >= 4 is 40.5 Å². The summed E-state index contributed by atoms with van der Waals surface area (Å²) in [5.41, 5.74) is 6.39. The maximum absolute atomic E-state index is 11.6. The highest BCUT2D eigenvalue weighted by Crippen LogP contribution is 2.32. The first-order valence-corrected chi connectivity index (χ1v) is 6.92. The molecule has 0 aliphatic rings. The molecule has 0 aliphatic carbocycles. The molecule has 0 unspecified atom stereocenters. The number of hydrogen-bond donors (Lipinski definition) is 2. The van der Waals surface area contributed by atoms with Gasteiger partial charge in [-0.1, -0.05) is 43.0 Å². The van der Waals surface area contributed by atoms with E-state index in [1.54, 1.807) is 0 Å². The van der Waals surface area contributed by atoms with Gasteiger partial charge in [0.1, 0.15) is 6.61 Å². The van der Waals surface area contributed by atoms with Crippen LogP contribution in [0.2, 0.25) is 10.0 Å². The highest BCUT2D eigenvalue weighted by atomic mass is 35.5. The zero-order valence-corrected chi connectivity index (χ0v) is 12.4. The number of nitrogen functional groups attached to an aromatic ring is 1. The number of carbonyl (C=O) groups is 1. The fourth-order valence-corrected chi connectivity index (χ4v) is 2.11. The van der Waals surface area contributed by atoms with Crippen LogP contribution in [0.1, 0.15) is 26.2 Å². The van der Waals surface area contributed by atoms with E-state index >= 15 is 0 Å². The van der Waals surface area contributed by atoms with E-state index in [-0.39, 0.29) is 12.5 Å². The van der Waals surface area contributed by atoms with E-state index in [2.05, 4.69) is 12.2 Å². The minimum absolute atomic E-state index is 0.0131.